The maximum absolute atomic E-state index is 5.22. The minimum Gasteiger partial charge on any atom is -0.497 e. The van der Waals surface area contributed by atoms with Gasteiger partial charge in [-0.05, 0) is 18.2 Å². The van der Waals surface area contributed by atoms with E-state index < -0.39 is 0 Å². The van der Waals surface area contributed by atoms with Crippen LogP contribution >= 0.6 is 0 Å². The smallest absolute Gasteiger partial charge is 0.159 e. The number of hydrogen-bond donors (Lipinski definition) is 1. The number of benzene rings is 1. The monoisotopic (exact) mass is 273 g/mol. The van der Waals surface area contributed by atoms with Crippen LogP contribution in [0.25, 0.3) is 11.4 Å². The van der Waals surface area contributed by atoms with Crippen molar-refractivity contribution in [2.45, 2.75) is 6.54 Å². The predicted octanol–water partition coefficient (Wildman–Crippen LogP) is 1.89. The van der Waals surface area contributed by atoms with Gasteiger partial charge in [0, 0.05) is 32.0 Å². The first-order valence-electron chi connectivity index (χ1n) is 6.49. The van der Waals surface area contributed by atoms with E-state index in [0.717, 1.165) is 23.6 Å². The third kappa shape index (κ3) is 4.01. The fourth-order valence-corrected chi connectivity index (χ4v) is 1.79. The second kappa shape index (κ2) is 7.57. The average molecular weight is 273 g/mol. The summed E-state index contributed by atoms with van der Waals surface area (Å²) in [6.07, 6.45) is 1.77. The van der Waals surface area contributed by atoms with Crippen LogP contribution in [0.1, 0.15) is 5.69 Å². The molecule has 0 bridgehead atoms. The summed E-state index contributed by atoms with van der Waals surface area (Å²) in [4.78, 5) is 8.86. The molecular weight excluding hydrogens is 254 g/mol. The fraction of sp³-hybridized carbons (Fsp3) is 0.333. The molecule has 5 nitrogen and oxygen atoms in total. The Morgan fingerprint density at radius 2 is 2.10 bits per heavy atom. The molecule has 0 saturated carbocycles. The zero-order valence-corrected chi connectivity index (χ0v) is 11.8. The highest BCUT2D eigenvalue weighted by molar-refractivity contribution is 5.57. The molecule has 2 rings (SSSR count). The standard InChI is InChI=1S/C15H19N3O2/c1-19-9-8-16-11-13-6-7-17-15(18-13)12-4-3-5-14(10-12)20-2/h3-7,10,16H,8-9,11H2,1-2H3. The van der Waals surface area contributed by atoms with Crippen LogP contribution in [-0.4, -0.2) is 37.3 Å². The summed E-state index contributed by atoms with van der Waals surface area (Å²) in [5.74, 6) is 1.50. The molecule has 0 amide bonds. The number of nitrogens with one attached hydrogen (secondary N) is 1. The van der Waals surface area contributed by atoms with Gasteiger partial charge in [0.05, 0.1) is 19.4 Å². The normalized spacial score (nSPS) is 10.5. The maximum Gasteiger partial charge on any atom is 0.159 e. The largest absolute Gasteiger partial charge is 0.497 e. The van der Waals surface area contributed by atoms with Crippen LogP contribution in [0.5, 0.6) is 5.75 Å². The first-order chi connectivity index (χ1) is 9.83. The third-order valence-corrected chi connectivity index (χ3v) is 2.83. The van der Waals surface area contributed by atoms with Crippen LogP contribution in [0, 0.1) is 0 Å². The molecule has 1 aromatic carbocycles. The molecule has 5 heteroatoms. The van der Waals surface area contributed by atoms with Gasteiger partial charge in [0.25, 0.3) is 0 Å². The van der Waals surface area contributed by atoms with Crippen LogP contribution in [-0.2, 0) is 11.3 Å². The Hall–Kier alpha value is -1.98. The summed E-state index contributed by atoms with van der Waals surface area (Å²) in [5, 5.41) is 3.26. The van der Waals surface area contributed by atoms with Gasteiger partial charge in [0.1, 0.15) is 5.75 Å². The minimum atomic E-state index is 0.688. The molecule has 20 heavy (non-hydrogen) atoms. The molecule has 0 radical (unpaired) electrons. The molecular formula is C15H19N3O2. The average Bonchev–Trinajstić information content (AvgIpc) is 2.52. The fourth-order valence-electron chi connectivity index (χ4n) is 1.79. The van der Waals surface area contributed by atoms with Crippen molar-refractivity contribution >= 4 is 0 Å². The predicted molar refractivity (Wildman–Crippen MR) is 77.6 cm³/mol. The second-order valence-corrected chi connectivity index (χ2v) is 4.27. The summed E-state index contributed by atoms with van der Waals surface area (Å²) in [5.41, 5.74) is 1.90. The van der Waals surface area contributed by atoms with Crippen LogP contribution in [0.3, 0.4) is 0 Å². The van der Waals surface area contributed by atoms with Crippen molar-refractivity contribution in [3.8, 4) is 17.1 Å². The van der Waals surface area contributed by atoms with E-state index in [0.29, 0.717) is 19.0 Å². The highest BCUT2D eigenvalue weighted by atomic mass is 16.5. The van der Waals surface area contributed by atoms with Crippen LogP contribution in [0.2, 0.25) is 0 Å². The Balaban J connectivity index is 2.08. The topological polar surface area (TPSA) is 56.3 Å². The Bertz CT molecular complexity index is 546. The summed E-state index contributed by atoms with van der Waals surface area (Å²) < 4.78 is 10.2. The molecule has 0 atom stereocenters. The van der Waals surface area contributed by atoms with Gasteiger partial charge in [-0.1, -0.05) is 12.1 Å². The zero-order chi connectivity index (χ0) is 14.2. The van der Waals surface area contributed by atoms with E-state index in [4.69, 9.17) is 9.47 Å². The van der Waals surface area contributed by atoms with Crippen molar-refractivity contribution in [3.63, 3.8) is 0 Å². The number of rotatable bonds is 7. The Kier molecular flexibility index (Phi) is 5.46. The number of nitrogens with zero attached hydrogens (tertiary/aromatic N) is 2. The van der Waals surface area contributed by atoms with E-state index in [1.807, 2.05) is 30.3 Å². The van der Waals surface area contributed by atoms with Crippen LogP contribution in [0.15, 0.2) is 36.5 Å². The van der Waals surface area contributed by atoms with E-state index in [1.54, 1.807) is 20.4 Å². The Labute approximate surface area is 119 Å². The van der Waals surface area contributed by atoms with Gasteiger partial charge in [-0.25, -0.2) is 9.97 Å². The van der Waals surface area contributed by atoms with Crippen LogP contribution in [0.4, 0.5) is 0 Å². The number of methoxy groups -OCH3 is 2. The number of hydrogen-bond acceptors (Lipinski definition) is 5. The van der Waals surface area contributed by atoms with Gasteiger partial charge in [-0.3, -0.25) is 0 Å². The number of ether oxygens (including phenoxy) is 2. The first-order valence-corrected chi connectivity index (χ1v) is 6.49. The summed E-state index contributed by atoms with van der Waals surface area (Å²) >= 11 is 0. The lowest BCUT2D eigenvalue weighted by atomic mass is 10.2. The molecule has 0 spiro atoms. The van der Waals surface area contributed by atoms with Gasteiger partial charge >= 0.3 is 0 Å². The van der Waals surface area contributed by atoms with Gasteiger partial charge in [0.2, 0.25) is 0 Å². The van der Waals surface area contributed by atoms with Gasteiger partial charge in [-0.15, -0.1) is 0 Å². The van der Waals surface area contributed by atoms with Crippen molar-refractivity contribution in [2.24, 2.45) is 0 Å². The molecule has 0 aliphatic heterocycles. The third-order valence-electron chi connectivity index (χ3n) is 2.83. The molecule has 106 valence electrons. The second-order valence-electron chi connectivity index (χ2n) is 4.27. The molecule has 0 aliphatic carbocycles. The van der Waals surface area contributed by atoms with Crippen molar-refractivity contribution in [3.05, 3.63) is 42.2 Å². The van der Waals surface area contributed by atoms with E-state index in [1.165, 1.54) is 0 Å². The number of aromatic nitrogens is 2. The molecule has 0 unspecified atom stereocenters. The maximum atomic E-state index is 5.22. The van der Waals surface area contributed by atoms with Crippen molar-refractivity contribution in [1.29, 1.82) is 0 Å². The Morgan fingerprint density at radius 3 is 2.90 bits per heavy atom. The minimum absolute atomic E-state index is 0.688. The van der Waals surface area contributed by atoms with Crippen molar-refractivity contribution in [1.82, 2.24) is 15.3 Å². The highest BCUT2D eigenvalue weighted by Crippen LogP contribution is 2.20. The van der Waals surface area contributed by atoms with Crippen molar-refractivity contribution in [2.75, 3.05) is 27.4 Å². The van der Waals surface area contributed by atoms with Gasteiger partial charge in [-0.2, -0.15) is 0 Å². The molecule has 1 N–H and O–H groups in total. The van der Waals surface area contributed by atoms with Crippen molar-refractivity contribution < 1.29 is 9.47 Å². The Morgan fingerprint density at radius 1 is 1.20 bits per heavy atom. The summed E-state index contributed by atoms with van der Waals surface area (Å²) in [6.45, 7) is 2.19. The van der Waals surface area contributed by atoms with E-state index in [-0.39, 0.29) is 0 Å². The lowest BCUT2D eigenvalue weighted by Gasteiger charge is -2.06. The summed E-state index contributed by atoms with van der Waals surface area (Å²) in [6, 6.07) is 9.64. The van der Waals surface area contributed by atoms with E-state index in [9.17, 15) is 0 Å². The summed E-state index contributed by atoms with van der Waals surface area (Å²) in [7, 11) is 3.34. The van der Waals surface area contributed by atoms with E-state index >= 15 is 0 Å². The SMILES string of the molecule is COCCNCc1ccnc(-c2cccc(OC)c2)n1. The zero-order valence-electron chi connectivity index (χ0n) is 11.8. The first kappa shape index (κ1) is 14.4. The van der Waals surface area contributed by atoms with Gasteiger partial charge < -0.3 is 14.8 Å². The molecule has 0 saturated heterocycles. The van der Waals surface area contributed by atoms with Gasteiger partial charge in [0.15, 0.2) is 5.82 Å². The molecule has 1 heterocycles. The van der Waals surface area contributed by atoms with Crippen LogP contribution < -0.4 is 10.1 Å². The molecule has 0 fully saturated rings. The lowest BCUT2D eigenvalue weighted by Crippen LogP contribution is -2.19. The molecule has 2 aromatic rings. The highest BCUT2D eigenvalue weighted by Gasteiger charge is 2.04. The lowest BCUT2D eigenvalue weighted by molar-refractivity contribution is 0.199. The van der Waals surface area contributed by atoms with E-state index in [2.05, 4.69) is 15.3 Å². The quantitative estimate of drug-likeness (QED) is 0.781. The molecule has 0 aliphatic rings. The molecule has 1 aromatic heterocycles.